The molecule has 0 unspecified atom stereocenters. The molecule has 0 atom stereocenters. The molecule has 4 heteroatoms. The maximum Gasteiger partial charge on any atom is 0.219 e. The van der Waals surface area contributed by atoms with Crippen molar-refractivity contribution in [2.75, 3.05) is 13.1 Å². The molecule has 136 valence electrons. The minimum absolute atomic E-state index is 0.0705. The molecule has 0 aromatic rings. The Morgan fingerprint density at radius 3 is 2.04 bits per heavy atom. The van der Waals surface area contributed by atoms with Crippen LogP contribution in [-0.2, 0) is 9.59 Å². The molecule has 0 saturated carbocycles. The predicted molar refractivity (Wildman–Crippen MR) is 99.4 cm³/mol. The monoisotopic (exact) mass is 326 g/mol. The quantitative estimate of drug-likeness (QED) is 0.390. The Bertz CT molecular complexity index is 291. The Morgan fingerprint density at radius 2 is 1.48 bits per heavy atom. The van der Waals surface area contributed by atoms with Crippen molar-refractivity contribution in [3.05, 3.63) is 12.7 Å². The maximum absolute atomic E-state index is 10.9. The second-order valence-corrected chi connectivity index (χ2v) is 5.78. The second kappa shape index (κ2) is 20.7. The van der Waals surface area contributed by atoms with Crippen LogP contribution in [0.2, 0.25) is 0 Å². The van der Waals surface area contributed by atoms with Gasteiger partial charge in [-0.3, -0.25) is 9.59 Å². The van der Waals surface area contributed by atoms with Gasteiger partial charge in [0.25, 0.3) is 0 Å². The van der Waals surface area contributed by atoms with E-state index in [4.69, 9.17) is 0 Å². The molecule has 4 nitrogen and oxygen atoms in total. The van der Waals surface area contributed by atoms with Gasteiger partial charge in [-0.05, 0) is 32.1 Å². The minimum atomic E-state index is 0.0705. The first-order chi connectivity index (χ1) is 11.1. The fraction of sp³-hybridized carbons (Fsp3) is 0.789. The normalized spacial score (nSPS) is 9.52. The summed E-state index contributed by atoms with van der Waals surface area (Å²) in [6.45, 7) is 11.1. The lowest BCUT2D eigenvalue weighted by atomic mass is 10.1. The Hall–Kier alpha value is -1.32. The van der Waals surface area contributed by atoms with Crippen LogP contribution < -0.4 is 10.6 Å². The van der Waals surface area contributed by atoms with Gasteiger partial charge in [-0.2, -0.15) is 0 Å². The molecule has 0 aliphatic heterocycles. The molecule has 0 rings (SSSR count). The van der Waals surface area contributed by atoms with E-state index < -0.39 is 0 Å². The number of amides is 2. The summed E-state index contributed by atoms with van der Waals surface area (Å²) in [4.78, 5) is 21.3. The van der Waals surface area contributed by atoms with Crippen molar-refractivity contribution in [1.29, 1.82) is 0 Å². The largest absolute Gasteiger partial charge is 0.356 e. The van der Waals surface area contributed by atoms with Gasteiger partial charge >= 0.3 is 0 Å². The molecule has 0 spiro atoms. The van der Waals surface area contributed by atoms with Gasteiger partial charge in [-0.15, -0.1) is 6.58 Å². The first-order valence-corrected chi connectivity index (χ1v) is 9.20. The molecule has 0 aromatic heterocycles. The average Bonchev–Trinajstić information content (AvgIpc) is 2.51. The Labute approximate surface area is 143 Å². The minimum Gasteiger partial charge on any atom is -0.356 e. The molecule has 0 aliphatic carbocycles. The lowest BCUT2D eigenvalue weighted by Gasteiger charge is -2.02. The molecule has 23 heavy (non-hydrogen) atoms. The predicted octanol–water partition coefficient (Wildman–Crippen LogP) is 4.35. The molecule has 0 aromatic carbocycles. The average molecular weight is 327 g/mol. The van der Waals surface area contributed by atoms with Crippen LogP contribution in [0.15, 0.2) is 12.7 Å². The fourth-order valence-corrected chi connectivity index (χ4v) is 1.95. The van der Waals surface area contributed by atoms with Crippen molar-refractivity contribution in [2.24, 2.45) is 0 Å². The molecule has 2 amide bonds. The van der Waals surface area contributed by atoms with E-state index in [9.17, 15) is 9.59 Å². The van der Waals surface area contributed by atoms with Crippen molar-refractivity contribution in [1.82, 2.24) is 10.6 Å². The number of allylic oxidation sites excluding steroid dienone is 1. The van der Waals surface area contributed by atoms with Crippen LogP contribution in [0.5, 0.6) is 0 Å². The van der Waals surface area contributed by atoms with E-state index in [1.165, 1.54) is 32.1 Å². The molecule has 0 bridgehead atoms. The summed E-state index contributed by atoms with van der Waals surface area (Å²) in [6, 6.07) is 0. The summed E-state index contributed by atoms with van der Waals surface area (Å²) in [5.74, 6) is 0.268. The molecule has 0 fully saturated rings. The standard InChI is InChI=1S/C10H19NO.C9H19NO/c1-3-4-5-6-7-8-9-11-10(2)12;1-3-5-6-8-10-9(11)7-4-2/h3H,1,4-9H2,2H3,(H,11,12);3-8H2,1-2H3,(H,10,11). The lowest BCUT2D eigenvalue weighted by Crippen LogP contribution is -2.23. The number of rotatable bonds is 13. The number of unbranched alkanes of at least 4 members (excludes halogenated alkanes) is 6. The van der Waals surface area contributed by atoms with Crippen LogP contribution in [0.4, 0.5) is 0 Å². The molecule has 0 heterocycles. The fourth-order valence-electron chi connectivity index (χ4n) is 1.95. The van der Waals surface area contributed by atoms with E-state index in [2.05, 4.69) is 24.1 Å². The third kappa shape index (κ3) is 25.9. The van der Waals surface area contributed by atoms with Gasteiger partial charge in [-0.1, -0.05) is 45.6 Å². The Balaban J connectivity index is 0. The zero-order valence-electron chi connectivity index (χ0n) is 15.6. The van der Waals surface area contributed by atoms with Crippen LogP contribution in [0, 0.1) is 0 Å². The number of carbonyl (C=O) groups excluding carboxylic acids is 2. The summed E-state index contributed by atoms with van der Waals surface area (Å²) >= 11 is 0. The van der Waals surface area contributed by atoms with Gasteiger partial charge in [0.2, 0.25) is 11.8 Å². The zero-order chi connectivity index (χ0) is 17.8. The summed E-state index contributed by atoms with van der Waals surface area (Å²) < 4.78 is 0. The van der Waals surface area contributed by atoms with Gasteiger partial charge in [-0.25, -0.2) is 0 Å². The van der Waals surface area contributed by atoms with Gasteiger partial charge in [0.15, 0.2) is 0 Å². The van der Waals surface area contributed by atoms with Crippen molar-refractivity contribution in [2.45, 2.75) is 85.0 Å². The number of carbonyl (C=O) groups is 2. The molecule has 2 N–H and O–H groups in total. The van der Waals surface area contributed by atoms with Crippen LogP contribution >= 0.6 is 0 Å². The smallest absolute Gasteiger partial charge is 0.219 e. The summed E-state index contributed by atoms with van der Waals surface area (Å²) in [5.41, 5.74) is 0. The van der Waals surface area contributed by atoms with E-state index in [0.29, 0.717) is 6.42 Å². The van der Waals surface area contributed by atoms with Crippen molar-refractivity contribution < 1.29 is 9.59 Å². The second-order valence-electron chi connectivity index (χ2n) is 5.78. The lowest BCUT2D eigenvalue weighted by molar-refractivity contribution is -0.121. The van der Waals surface area contributed by atoms with Crippen LogP contribution in [0.3, 0.4) is 0 Å². The highest BCUT2D eigenvalue weighted by Crippen LogP contribution is 2.02. The Kier molecular flexibility index (Phi) is 21.5. The van der Waals surface area contributed by atoms with Crippen molar-refractivity contribution in [3.63, 3.8) is 0 Å². The van der Waals surface area contributed by atoms with Crippen LogP contribution in [0.25, 0.3) is 0 Å². The molecule has 0 saturated heterocycles. The van der Waals surface area contributed by atoms with E-state index >= 15 is 0 Å². The van der Waals surface area contributed by atoms with Crippen molar-refractivity contribution >= 4 is 11.8 Å². The number of hydrogen-bond acceptors (Lipinski definition) is 2. The van der Waals surface area contributed by atoms with Crippen molar-refractivity contribution in [3.8, 4) is 0 Å². The third-order valence-electron chi connectivity index (χ3n) is 3.29. The van der Waals surface area contributed by atoms with E-state index in [-0.39, 0.29) is 11.8 Å². The van der Waals surface area contributed by atoms with Crippen LogP contribution in [0.1, 0.15) is 85.0 Å². The summed E-state index contributed by atoms with van der Waals surface area (Å²) in [5, 5.41) is 5.66. The molecular formula is C19H38N2O2. The molecular weight excluding hydrogens is 288 g/mol. The number of hydrogen-bond donors (Lipinski definition) is 2. The van der Waals surface area contributed by atoms with Crippen LogP contribution in [-0.4, -0.2) is 24.9 Å². The SMILES string of the molecule is C=CCCCCCCNC(C)=O.CCCCCNC(=O)CCC. The number of nitrogens with one attached hydrogen (secondary N) is 2. The van der Waals surface area contributed by atoms with Gasteiger partial charge < -0.3 is 10.6 Å². The molecule has 0 aliphatic rings. The molecule has 0 radical (unpaired) electrons. The third-order valence-corrected chi connectivity index (χ3v) is 3.29. The van der Waals surface area contributed by atoms with Gasteiger partial charge in [0.05, 0.1) is 0 Å². The first kappa shape index (κ1) is 23.9. The topological polar surface area (TPSA) is 58.2 Å². The first-order valence-electron chi connectivity index (χ1n) is 9.20. The highest BCUT2D eigenvalue weighted by molar-refractivity contribution is 5.75. The maximum atomic E-state index is 10.9. The van der Waals surface area contributed by atoms with E-state index in [1.807, 2.05) is 13.0 Å². The summed E-state index contributed by atoms with van der Waals surface area (Å²) in [6.07, 6.45) is 13.0. The van der Waals surface area contributed by atoms with Gasteiger partial charge in [0, 0.05) is 26.4 Å². The van der Waals surface area contributed by atoms with Gasteiger partial charge in [0.1, 0.15) is 0 Å². The van der Waals surface area contributed by atoms with E-state index in [0.717, 1.165) is 38.8 Å². The summed E-state index contributed by atoms with van der Waals surface area (Å²) in [7, 11) is 0. The highest BCUT2D eigenvalue weighted by Gasteiger charge is 1.96. The highest BCUT2D eigenvalue weighted by atomic mass is 16.2. The van der Waals surface area contributed by atoms with E-state index in [1.54, 1.807) is 6.92 Å². The zero-order valence-corrected chi connectivity index (χ0v) is 15.6. The Morgan fingerprint density at radius 1 is 0.870 bits per heavy atom.